The van der Waals surface area contributed by atoms with E-state index in [0.29, 0.717) is 4.88 Å². The highest BCUT2D eigenvalue weighted by Gasteiger charge is 1.99. The molecule has 0 saturated heterocycles. The van der Waals surface area contributed by atoms with Gasteiger partial charge in [-0.05, 0) is 11.4 Å². The molecule has 1 N–H and O–H groups in total. The number of carboxylic acid groups (broad SMARTS) is 1. The molecule has 0 spiro atoms. The van der Waals surface area contributed by atoms with Crippen molar-refractivity contribution in [1.29, 1.82) is 0 Å². The maximum absolute atomic E-state index is 10.1. The van der Waals surface area contributed by atoms with Crippen molar-refractivity contribution in [3.05, 3.63) is 22.4 Å². The highest BCUT2D eigenvalue weighted by Crippen LogP contribution is 2.06. The maximum atomic E-state index is 10.1. The number of hydrogen-bond donors (Lipinski definition) is 1. The molecular weight excluding hydrogens is 136 g/mol. The third kappa shape index (κ3) is 1.85. The molecule has 1 heterocycles. The van der Waals surface area contributed by atoms with Gasteiger partial charge in [0.1, 0.15) is 4.88 Å². The van der Waals surface area contributed by atoms with E-state index in [0.717, 1.165) is 0 Å². The van der Waals surface area contributed by atoms with Crippen LogP contribution in [-0.2, 0) is 0 Å². The Labute approximate surface area is 57.8 Å². The molecule has 0 unspecified atom stereocenters. The fourth-order valence-corrected chi connectivity index (χ4v) is 0.962. The third-order valence-electron chi connectivity index (χ3n) is 0.732. The van der Waals surface area contributed by atoms with Gasteiger partial charge in [0.15, 0.2) is 0 Å². The molecule has 0 atom stereocenters. The standard InChI is InChI=1S/C5H4O2S.CH4/c6-5(7)4-2-1-3-8-4;/h1-3H,(H,6,7);1H4. The van der Waals surface area contributed by atoms with Crippen molar-refractivity contribution < 1.29 is 9.90 Å². The Hall–Kier alpha value is -0.830. The Bertz CT molecular complexity index is 179. The second-order valence-corrected chi connectivity index (χ2v) is 2.23. The fourth-order valence-electron chi connectivity index (χ4n) is 0.400. The average molecular weight is 144 g/mol. The molecule has 0 aliphatic heterocycles. The Morgan fingerprint density at radius 3 is 2.56 bits per heavy atom. The molecule has 0 aliphatic carbocycles. The minimum absolute atomic E-state index is 0. The van der Waals surface area contributed by atoms with Gasteiger partial charge < -0.3 is 5.11 Å². The van der Waals surface area contributed by atoms with Gasteiger partial charge in [-0.15, -0.1) is 11.3 Å². The van der Waals surface area contributed by atoms with Gasteiger partial charge >= 0.3 is 5.97 Å². The molecule has 0 radical (unpaired) electrons. The summed E-state index contributed by atoms with van der Waals surface area (Å²) in [5.41, 5.74) is 0. The van der Waals surface area contributed by atoms with E-state index in [9.17, 15) is 4.79 Å². The number of aromatic carboxylic acids is 1. The van der Waals surface area contributed by atoms with Crippen molar-refractivity contribution in [2.24, 2.45) is 0 Å². The van der Waals surface area contributed by atoms with Crippen LogP contribution in [0.3, 0.4) is 0 Å². The van der Waals surface area contributed by atoms with Crippen molar-refractivity contribution in [3.63, 3.8) is 0 Å². The average Bonchev–Trinajstić information content (AvgIpc) is 2.12. The quantitative estimate of drug-likeness (QED) is 0.655. The number of carboxylic acids is 1. The summed E-state index contributed by atoms with van der Waals surface area (Å²) in [6.07, 6.45) is 0. The van der Waals surface area contributed by atoms with Crippen LogP contribution in [0.2, 0.25) is 0 Å². The molecule has 0 aliphatic rings. The first kappa shape index (κ1) is 8.17. The lowest BCUT2D eigenvalue weighted by atomic mass is 10.5. The van der Waals surface area contributed by atoms with Crippen molar-refractivity contribution in [2.75, 3.05) is 0 Å². The SMILES string of the molecule is C.O=C(O)c1cccs1. The Balaban J connectivity index is 0.000000640. The Morgan fingerprint density at radius 1 is 1.67 bits per heavy atom. The molecule has 1 aromatic rings. The van der Waals surface area contributed by atoms with Gasteiger partial charge in [0.05, 0.1) is 0 Å². The molecule has 9 heavy (non-hydrogen) atoms. The first-order valence-electron chi connectivity index (χ1n) is 2.07. The first-order valence-corrected chi connectivity index (χ1v) is 2.95. The van der Waals surface area contributed by atoms with Gasteiger partial charge in [0, 0.05) is 0 Å². The van der Waals surface area contributed by atoms with Crippen LogP contribution in [0.1, 0.15) is 17.1 Å². The molecular formula is C6H8O2S. The molecule has 3 heteroatoms. The highest BCUT2D eigenvalue weighted by atomic mass is 32.1. The lowest BCUT2D eigenvalue weighted by Gasteiger charge is -1.78. The van der Waals surface area contributed by atoms with Crippen LogP contribution in [0.15, 0.2) is 17.5 Å². The van der Waals surface area contributed by atoms with E-state index in [1.54, 1.807) is 17.5 Å². The van der Waals surface area contributed by atoms with Crippen LogP contribution >= 0.6 is 11.3 Å². The van der Waals surface area contributed by atoms with Crippen molar-refractivity contribution in [3.8, 4) is 0 Å². The summed E-state index contributed by atoms with van der Waals surface area (Å²) < 4.78 is 0. The second kappa shape index (κ2) is 3.25. The van der Waals surface area contributed by atoms with Gasteiger partial charge in [-0.1, -0.05) is 13.5 Å². The zero-order valence-corrected chi connectivity index (χ0v) is 4.81. The van der Waals surface area contributed by atoms with E-state index in [1.165, 1.54) is 11.3 Å². The van der Waals surface area contributed by atoms with Gasteiger partial charge in [-0.25, -0.2) is 4.79 Å². The molecule has 0 saturated carbocycles. The van der Waals surface area contributed by atoms with E-state index < -0.39 is 5.97 Å². The Kier molecular flexibility index (Phi) is 2.95. The molecule has 1 aromatic heterocycles. The summed E-state index contributed by atoms with van der Waals surface area (Å²) >= 11 is 1.23. The lowest BCUT2D eigenvalue weighted by Crippen LogP contribution is -1.89. The predicted octanol–water partition coefficient (Wildman–Crippen LogP) is 2.08. The zero-order chi connectivity index (χ0) is 5.98. The van der Waals surface area contributed by atoms with Gasteiger partial charge in [0.25, 0.3) is 0 Å². The van der Waals surface area contributed by atoms with E-state index in [1.807, 2.05) is 0 Å². The molecule has 0 bridgehead atoms. The summed E-state index contributed by atoms with van der Waals surface area (Å²) in [7, 11) is 0. The molecule has 0 fully saturated rings. The van der Waals surface area contributed by atoms with Crippen molar-refractivity contribution >= 4 is 17.3 Å². The van der Waals surface area contributed by atoms with E-state index in [2.05, 4.69) is 0 Å². The molecule has 0 amide bonds. The van der Waals surface area contributed by atoms with E-state index in [4.69, 9.17) is 5.11 Å². The van der Waals surface area contributed by atoms with Gasteiger partial charge in [-0.2, -0.15) is 0 Å². The number of hydrogen-bond acceptors (Lipinski definition) is 2. The van der Waals surface area contributed by atoms with Gasteiger partial charge in [-0.3, -0.25) is 0 Å². The minimum Gasteiger partial charge on any atom is -0.477 e. The van der Waals surface area contributed by atoms with Crippen LogP contribution in [0, 0.1) is 0 Å². The van der Waals surface area contributed by atoms with E-state index >= 15 is 0 Å². The monoisotopic (exact) mass is 144 g/mol. The van der Waals surface area contributed by atoms with Crippen LogP contribution < -0.4 is 0 Å². The summed E-state index contributed by atoms with van der Waals surface area (Å²) in [5, 5.41) is 10.0. The largest absolute Gasteiger partial charge is 0.477 e. The summed E-state index contributed by atoms with van der Waals surface area (Å²) in [6.45, 7) is 0. The lowest BCUT2D eigenvalue weighted by molar-refractivity contribution is 0.0702. The first-order chi connectivity index (χ1) is 3.80. The van der Waals surface area contributed by atoms with E-state index in [-0.39, 0.29) is 7.43 Å². The smallest absolute Gasteiger partial charge is 0.345 e. The predicted molar refractivity (Wildman–Crippen MR) is 38.0 cm³/mol. The van der Waals surface area contributed by atoms with Crippen molar-refractivity contribution in [1.82, 2.24) is 0 Å². The van der Waals surface area contributed by atoms with Crippen molar-refractivity contribution in [2.45, 2.75) is 7.43 Å². The van der Waals surface area contributed by atoms with Crippen LogP contribution in [-0.4, -0.2) is 11.1 Å². The molecule has 0 aromatic carbocycles. The van der Waals surface area contributed by atoms with Crippen LogP contribution in [0.5, 0.6) is 0 Å². The fraction of sp³-hybridized carbons (Fsp3) is 0.167. The zero-order valence-electron chi connectivity index (χ0n) is 4.00. The second-order valence-electron chi connectivity index (χ2n) is 1.28. The minimum atomic E-state index is -0.847. The van der Waals surface area contributed by atoms with Gasteiger partial charge in [0.2, 0.25) is 0 Å². The number of carbonyl (C=O) groups is 1. The topological polar surface area (TPSA) is 37.3 Å². The molecule has 50 valence electrons. The number of rotatable bonds is 1. The molecule has 2 nitrogen and oxygen atoms in total. The molecule has 1 rings (SSSR count). The normalized spacial score (nSPS) is 8.00. The number of thiophene rings is 1. The van der Waals surface area contributed by atoms with Crippen LogP contribution in [0.4, 0.5) is 0 Å². The van der Waals surface area contributed by atoms with Crippen LogP contribution in [0.25, 0.3) is 0 Å². The summed E-state index contributed by atoms with van der Waals surface area (Å²) in [6, 6.07) is 3.29. The summed E-state index contributed by atoms with van der Waals surface area (Å²) in [4.78, 5) is 10.5. The summed E-state index contributed by atoms with van der Waals surface area (Å²) in [5.74, 6) is -0.847. The third-order valence-corrected chi connectivity index (χ3v) is 1.59. The highest BCUT2D eigenvalue weighted by molar-refractivity contribution is 7.11. The Morgan fingerprint density at radius 2 is 2.33 bits per heavy atom. The maximum Gasteiger partial charge on any atom is 0.345 e.